The fourth-order valence-electron chi connectivity index (χ4n) is 4.32. The molecule has 1 aromatic carbocycles. The molecule has 3 aromatic rings. The molecule has 0 N–H and O–H groups in total. The number of hydrogen-bond donors (Lipinski definition) is 0. The summed E-state index contributed by atoms with van der Waals surface area (Å²) < 4.78 is 15.3. The molecule has 0 saturated carbocycles. The fraction of sp³-hybridized carbons (Fsp3) is 0.450. The Morgan fingerprint density at radius 3 is 2.85 bits per heavy atom. The van der Waals surface area contributed by atoms with Gasteiger partial charge in [0.25, 0.3) is 0 Å². The maximum atomic E-state index is 6.08. The Morgan fingerprint density at radius 2 is 2.15 bits per heavy atom. The van der Waals surface area contributed by atoms with E-state index in [9.17, 15) is 0 Å². The van der Waals surface area contributed by atoms with Crippen LogP contribution < -0.4 is 4.74 Å². The molecular formula is C20H23N5O2. The van der Waals surface area contributed by atoms with Crippen LogP contribution in [-0.4, -0.2) is 43.9 Å². The van der Waals surface area contributed by atoms with Gasteiger partial charge >= 0.3 is 0 Å². The molecule has 2 aliphatic rings. The summed E-state index contributed by atoms with van der Waals surface area (Å²) in [6.07, 6.45) is 8.36. The zero-order chi connectivity index (χ0) is 18.4. The van der Waals surface area contributed by atoms with Gasteiger partial charge in [-0.05, 0) is 25.3 Å². The monoisotopic (exact) mass is 365 g/mol. The maximum absolute atomic E-state index is 6.08. The van der Waals surface area contributed by atoms with Crippen molar-refractivity contribution in [3.05, 3.63) is 53.9 Å². The standard InChI is InChI=1S/C20H23N5O2/c1-24-12-14(11-21-24)25-20(16-10-15-7-8-18(16)27-15)22-19(23-25)9-13-5-3-4-6-17(13)26-2/h3-6,11-12,15-16,18H,7-10H2,1-2H3/t15-,16+,18+/m0/s1. The molecule has 27 heavy (non-hydrogen) atoms. The van der Waals surface area contributed by atoms with Gasteiger partial charge < -0.3 is 9.47 Å². The van der Waals surface area contributed by atoms with E-state index in [1.54, 1.807) is 11.8 Å². The summed E-state index contributed by atoms with van der Waals surface area (Å²) in [5, 5.41) is 9.14. The summed E-state index contributed by atoms with van der Waals surface area (Å²) in [7, 11) is 3.61. The molecule has 7 heteroatoms. The van der Waals surface area contributed by atoms with E-state index in [0.717, 1.165) is 47.9 Å². The quantitative estimate of drug-likeness (QED) is 0.695. The van der Waals surface area contributed by atoms with Crippen molar-refractivity contribution in [1.29, 1.82) is 0 Å². The van der Waals surface area contributed by atoms with Gasteiger partial charge in [0.2, 0.25) is 0 Å². The minimum atomic E-state index is 0.258. The number of methoxy groups -OCH3 is 1. The van der Waals surface area contributed by atoms with Crippen LogP contribution in [0.4, 0.5) is 0 Å². The largest absolute Gasteiger partial charge is 0.496 e. The van der Waals surface area contributed by atoms with Crippen molar-refractivity contribution >= 4 is 0 Å². The van der Waals surface area contributed by atoms with Gasteiger partial charge in [-0.15, -0.1) is 0 Å². The minimum Gasteiger partial charge on any atom is -0.496 e. The van der Waals surface area contributed by atoms with E-state index in [1.165, 1.54) is 0 Å². The summed E-state index contributed by atoms with van der Waals surface area (Å²) in [6, 6.07) is 8.02. The number of hydrogen-bond acceptors (Lipinski definition) is 5. The third-order valence-electron chi connectivity index (χ3n) is 5.59. The molecule has 2 bridgehead atoms. The lowest BCUT2D eigenvalue weighted by Gasteiger charge is -2.17. The van der Waals surface area contributed by atoms with Crippen LogP contribution in [0.1, 0.15) is 42.4 Å². The molecular weight excluding hydrogens is 342 g/mol. The van der Waals surface area contributed by atoms with Crippen LogP contribution in [0.15, 0.2) is 36.7 Å². The van der Waals surface area contributed by atoms with Gasteiger partial charge in [-0.25, -0.2) is 9.67 Å². The van der Waals surface area contributed by atoms with E-state index in [-0.39, 0.29) is 6.10 Å². The second-order valence-electron chi connectivity index (χ2n) is 7.37. The molecule has 3 atom stereocenters. The lowest BCUT2D eigenvalue weighted by molar-refractivity contribution is 0.0997. The van der Waals surface area contributed by atoms with Crippen molar-refractivity contribution in [3.63, 3.8) is 0 Å². The smallest absolute Gasteiger partial charge is 0.155 e. The lowest BCUT2D eigenvalue weighted by atomic mass is 9.88. The molecule has 0 aliphatic carbocycles. The molecule has 4 heterocycles. The molecule has 0 radical (unpaired) electrons. The topological polar surface area (TPSA) is 67.0 Å². The lowest BCUT2D eigenvalue weighted by Crippen LogP contribution is -2.18. The van der Waals surface area contributed by atoms with Crippen LogP contribution >= 0.6 is 0 Å². The van der Waals surface area contributed by atoms with Crippen LogP contribution in [-0.2, 0) is 18.2 Å². The van der Waals surface area contributed by atoms with Crippen LogP contribution in [0.5, 0.6) is 5.75 Å². The summed E-state index contributed by atoms with van der Waals surface area (Å²) in [6.45, 7) is 0. The van der Waals surface area contributed by atoms with Crippen LogP contribution in [0, 0.1) is 0 Å². The average molecular weight is 365 g/mol. The Morgan fingerprint density at radius 1 is 1.26 bits per heavy atom. The highest BCUT2D eigenvalue weighted by molar-refractivity contribution is 5.36. The fourth-order valence-corrected chi connectivity index (χ4v) is 4.32. The van der Waals surface area contributed by atoms with Gasteiger partial charge in [0, 0.05) is 24.9 Å². The molecule has 0 unspecified atom stereocenters. The molecule has 2 aromatic heterocycles. The number of nitrogens with zero attached hydrogens (tertiary/aromatic N) is 5. The minimum absolute atomic E-state index is 0.258. The Bertz CT molecular complexity index is 963. The zero-order valence-electron chi connectivity index (χ0n) is 15.6. The van der Waals surface area contributed by atoms with E-state index in [0.29, 0.717) is 18.4 Å². The van der Waals surface area contributed by atoms with Crippen molar-refractivity contribution < 1.29 is 9.47 Å². The number of aryl methyl sites for hydroxylation is 1. The van der Waals surface area contributed by atoms with E-state index < -0.39 is 0 Å². The number of fused-ring (bicyclic) bond motifs is 2. The second kappa shape index (κ2) is 6.49. The van der Waals surface area contributed by atoms with Gasteiger partial charge in [-0.3, -0.25) is 4.68 Å². The number of benzene rings is 1. The Kier molecular flexibility index (Phi) is 3.97. The Hall–Kier alpha value is -2.67. The molecule has 2 aliphatic heterocycles. The Labute approximate surface area is 157 Å². The first kappa shape index (κ1) is 16.5. The van der Waals surface area contributed by atoms with Gasteiger partial charge in [0.05, 0.1) is 31.7 Å². The molecule has 0 spiro atoms. The molecule has 2 saturated heterocycles. The highest BCUT2D eigenvalue weighted by atomic mass is 16.5. The van der Waals surface area contributed by atoms with Gasteiger partial charge in [0.15, 0.2) is 5.82 Å². The van der Waals surface area contributed by atoms with E-state index in [2.05, 4.69) is 11.2 Å². The van der Waals surface area contributed by atoms with E-state index >= 15 is 0 Å². The summed E-state index contributed by atoms with van der Waals surface area (Å²) in [5.41, 5.74) is 2.02. The summed E-state index contributed by atoms with van der Waals surface area (Å²) in [5.74, 6) is 2.93. The van der Waals surface area contributed by atoms with Crippen molar-refractivity contribution in [2.45, 2.75) is 43.8 Å². The molecule has 2 fully saturated rings. The predicted octanol–water partition coefficient (Wildman–Crippen LogP) is 2.64. The molecule has 5 rings (SSSR count). The molecule has 7 nitrogen and oxygen atoms in total. The first-order valence-electron chi connectivity index (χ1n) is 9.43. The maximum Gasteiger partial charge on any atom is 0.155 e. The van der Waals surface area contributed by atoms with E-state index in [4.69, 9.17) is 19.6 Å². The number of rotatable bonds is 5. The molecule has 140 valence electrons. The predicted molar refractivity (Wildman–Crippen MR) is 99.2 cm³/mol. The van der Waals surface area contributed by atoms with Gasteiger partial charge in [0.1, 0.15) is 17.3 Å². The highest BCUT2D eigenvalue weighted by Crippen LogP contribution is 2.44. The number of aromatic nitrogens is 5. The van der Waals surface area contributed by atoms with Gasteiger partial charge in [-0.1, -0.05) is 18.2 Å². The van der Waals surface area contributed by atoms with Crippen LogP contribution in [0.3, 0.4) is 0 Å². The van der Waals surface area contributed by atoms with Crippen molar-refractivity contribution in [2.75, 3.05) is 7.11 Å². The SMILES string of the molecule is COc1ccccc1Cc1nc([C@@H]2C[C@@H]3CC[C@H]2O3)n(-c2cnn(C)c2)n1. The third-order valence-corrected chi connectivity index (χ3v) is 5.59. The van der Waals surface area contributed by atoms with Crippen molar-refractivity contribution in [3.8, 4) is 11.4 Å². The Balaban J connectivity index is 1.53. The van der Waals surface area contributed by atoms with Crippen LogP contribution in [0.25, 0.3) is 5.69 Å². The molecule has 0 amide bonds. The highest BCUT2D eigenvalue weighted by Gasteiger charge is 2.44. The van der Waals surface area contributed by atoms with E-state index in [1.807, 2.05) is 42.3 Å². The first-order valence-corrected chi connectivity index (χ1v) is 9.43. The number of para-hydroxylation sites is 1. The van der Waals surface area contributed by atoms with Crippen molar-refractivity contribution in [1.82, 2.24) is 24.5 Å². The normalized spacial score (nSPS) is 23.9. The zero-order valence-corrected chi connectivity index (χ0v) is 15.6. The van der Waals surface area contributed by atoms with Crippen molar-refractivity contribution in [2.24, 2.45) is 7.05 Å². The number of ether oxygens (including phenoxy) is 2. The first-order chi connectivity index (χ1) is 13.2. The summed E-state index contributed by atoms with van der Waals surface area (Å²) >= 11 is 0. The second-order valence-corrected chi connectivity index (χ2v) is 7.37. The summed E-state index contributed by atoms with van der Waals surface area (Å²) in [4.78, 5) is 4.95. The third kappa shape index (κ3) is 2.92. The average Bonchev–Trinajstić information content (AvgIpc) is 3.45. The van der Waals surface area contributed by atoms with Crippen LogP contribution in [0.2, 0.25) is 0 Å². The van der Waals surface area contributed by atoms with Gasteiger partial charge in [-0.2, -0.15) is 10.2 Å².